The molecule has 2 aromatic rings. The molecule has 29 heavy (non-hydrogen) atoms. The molecule has 0 bridgehead atoms. The van der Waals surface area contributed by atoms with Crippen LogP contribution in [0.1, 0.15) is 28.0 Å². The van der Waals surface area contributed by atoms with Gasteiger partial charge in [0.15, 0.2) is 10.8 Å². The molecule has 8 nitrogen and oxygen atoms in total. The van der Waals surface area contributed by atoms with Crippen molar-refractivity contribution in [3.05, 3.63) is 57.2 Å². The highest BCUT2D eigenvalue weighted by molar-refractivity contribution is 9.09. The lowest BCUT2D eigenvalue weighted by Gasteiger charge is -2.30. The van der Waals surface area contributed by atoms with Gasteiger partial charge in [-0.3, -0.25) is 4.99 Å². The van der Waals surface area contributed by atoms with Gasteiger partial charge in [0.25, 0.3) is 0 Å². The number of nitrogens with zero attached hydrogens (tertiary/aromatic N) is 4. The minimum Gasteiger partial charge on any atom is -0.478 e. The van der Waals surface area contributed by atoms with Gasteiger partial charge in [-0.05, 0) is 26.0 Å². The summed E-state index contributed by atoms with van der Waals surface area (Å²) >= 11 is 4.86. The smallest absolute Gasteiger partial charge is 0.337 e. The Kier molecular flexibility index (Phi) is 7.97. The number of allylic oxidation sites excluding steroid dienone is 1. The predicted octanol–water partition coefficient (Wildman–Crippen LogP) is 3.19. The molecule has 2 aromatic heterocycles. The van der Waals surface area contributed by atoms with E-state index in [9.17, 15) is 19.1 Å². The van der Waals surface area contributed by atoms with E-state index in [4.69, 9.17) is 5.11 Å². The summed E-state index contributed by atoms with van der Waals surface area (Å²) in [6.07, 6.45) is 1.72. The van der Waals surface area contributed by atoms with Crippen molar-refractivity contribution in [2.45, 2.75) is 13.8 Å². The van der Waals surface area contributed by atoms with Gasteiger partial charge in [-0.25, -0.2) is 19.6 Å². The number of thiazole rings is 1. The number of carbonyl (C=O) groups is 2. The highest BCUT2D eigenvalue weighted by Crippen LogP contribution is 2.23. The number of aromatic nitrogens is 2. The van der Waals surface area contributed by atoms with E-state index in [0.29, 0.717) is 17.4 Å². The van der Waals surface area contributed by atoms with Crippen LogP contribution < -0.4 is 0 Å². The number of carboxylic acid groups (broad SMARTS) is 2. The number of rotatable bonds is 5. The van der Waals surface area contributed by atoms with Gasteiger partial charge in [-0.1, -0.05) is 15.9 Å². The highest BCUT2D eigenvalue weighted by atomic mass is 79.9. The molecule has 0 fully saturated rings. The van der Waals surface area contributed by atoms with E-state index in [-0.39, 0.29) is 17.8 Å². The number of carboxylic acids is 2. The van der Waals surface area contributed by atoms with Gasteiger partial charge < -0.3 is 15.1 Å². The molecule has 11 heteroatoms. The van der Waals surface area contributed by atoms with Crippen LogP contribution in [-0.2, 0) is 4.79 Å². The zero-order valence-corrected chi connectivity index (χ0v) is 18.0. The van der Waals surface area contributed by atoms with Gasteiger partial charge in [0, 0.05) is 29.1 Å². The standard InChI is InChI=1S/C11H12BrN3O2S.C7H6FNO2/c1-2-15-8(5-12)7(11(16)17)6-14-9(15)10-13-3-4-18-10;1-4-5(7(10)11)2-3-6(8)9-4/h3-4H,2,5-6H2,1H3,(H,16,17);2-3H,1H3,(H,10,11). The lowest BCUT2D eigenvalue weighted by molar-refractivity contribution is -0.132. The lowest BCUT2D eigenvalue weighted by atomic mass is 10.1. The molecule has 0 amide bonds. The maximum absolute atomic E-state index is 12.3. The number of aliphatic carboxylic acids is 1. The third-order valence-electron chi connectivity index (χ3n) is 3.92. The number of alkyl halides is 1. The van der Waals surface area contributed by atoms with Crippen LogP contribution in [0.2, 0.25) is 0 Å². The Morgan fingerprint density at radius 2 is 2.03 bits per heavy atom. The zero-order valence-electron chi connectivity index (χ0n) is 15.6. The van der Waals surface area contributed by atoms with E-state index in [1.54, 1.807) is 6.20 Å². The monoisotopic (exact) mass is 484 g/mol. The van der Waals surface area contributed by atoms with Gasteiger partial charge in [0.05, 0.1) is 23.4 Å². The minimum absolute atomic E-state index is 0.0337. The van der Waals surface area contributed by atoms with E-state index in [0.717, 1.165) is 22.6 Å². The van der Waals surface area contributed by atoms with Crippen molar-refractivity contribution in [3.63, 3.8) is 0 Å². The second-order valence-corrected chi connectivity index (χ2v) is 7.11. The molecule has 3 rings (SSSR count). The summed E-state index contributed by atoms with van der Waals surface area (Å²) in [7, 11) is 0. The average Bonchev–Trinajstić information content (AvgIpc) is 3.21. The van der Waals surface area contributed by atoms with Crippen LogP contribution in [0.25, 0.3) is 0 Å². The van der Waals surface area contributed by atoms with Crippen LogP contribution in [0.15, 0.2) is 40.0 Å². The largest absolute Gasteiger partial charge is 0.478 e. The number of aromatic carboxylic acids is 1. The van der Waals surface area contributed by atoms with Gasteiger partial charge in [-0.2, -0.15) is 4.39 Å². The number of hydrogen-bond acceptors (Lipinski definition) is 7. The Balaban J connectivity index is 0.000000234. The van der Waals surface area contributed by atoms with Gasteiger partial charge in [0.1, 0.15) is 0 Å². The highest BCUT2D eigenvalue weighted by Gasteiger charge is 2.27. The van der Waals surface area contributed by atoms with Crippen molar-refractivity contribution in [1.29, 1.82) is 0 Å². The van der Waals surface area contributed by atoms with E-state index in [1.165, 1.54) is 24.3 Å². The van der Waals surface area contributed by atoms with Crippen LogP contribution in [0.3, 0.4) is 0 Å². The molecule has 0 radical (unpaired) electrons. The van der Waals surface area contributed by atoms with Gasteiger partial charge in [-0.15, -0.1) is 11.3 Å². The molecule has 0 saturated heterocycles. The maximum Gasteiger partial charge on any atom is 0.337 e. The quantitative estimate of drug-likeness (QED) is 0.494. The summed E-state index contributed by atoms with van der Waals surface area (Å²) in [5.74, 6) is -1.90. The molecule has 154 valence electrons. The first-order valence-corrected chi connectivity index (χ1v) is 10.4. The number of aliphatic imine (C=N–C) groups is 1. The number of halogens is 2. The van der Waals surface area contributed by atoms with Crippen molar-refractivity contribution in [1.82, 2.24) is 14.9 Å². The summed E-state index contributed by atoms with van der Waals surface area (Å²) in [4.78, 5) is 35.4. The molecule has 0 spiro atoms. The van der Waals surface area contributed by atoms with Crippen LogP contribution in [0.4, 0.5) is 4.39 Å². The summed E-state index contributed by atoms with van der Waals surface area (Å²) in [6, 6.07) is 2.22. The topological polar surface area (TPSA) is 116 Å². The second-order valence-electron chi connectivity index (χ2n) is 5.66. The number of hydrogen-bond donors (Lipinski definition) is 2. The maximum atomic E-state index is 12.3. The third-order valence-corrected chi connectivity index (χ3v) is 5.22. The van der Waals surface area contributed by atoms with Crippen molar-refractivity contribution >= 4 is 45.0 Å². The minimum atomic E-state index is -1.09. The Morgan fingerprint density at radius 1 is 1.31 bits per heavy atom. The Hall–Kier alpha value is -2.66. The third kappa shape index (κ3) is 5.45. The Bertz CT molecular complexity index is 963. The molecule has 3 heterocycles. The Labute approximate surface area is 178 Å². The Morgan fingerprint density at radius 3 is 2.52 bits per heavy atom. The molecule has 1 aliphatic rings. The first kappa shape index (κ1) is 22.6. The molecule has 0 atom stereocenters. The van der Waals surface area contributed by atoms with E-state index in [1.807, 2.05) is 17.2 Å². The van der Waals surface area contributed by atoms with Crippen LogP contribution in [-0.4, -0.2) is 61.3 Å². The van der Waals surface area contributed by atoms with E-state index in [2.05, 4.69) is 30.9 Å². The van der Waals surface area contributed by atoms with E-state index >= 15 is 0 Å². The fourth-order valence-electron chi connectivity index (χ4n) is 2.58. The molecular formula is C18H18BrFN4O4S. The number of amidine groups is 1. The fourth-order valence-corrected chi connectivity index (χ4v) is 3.87. The zero-order chi connectivity index (χ0) is 21.6. The predicted molar refractivity (Wildman–Crippen MR) is 110 cm³/mol. The van der Waals surface area contributed by atoms with Gasteiger partial charge >= 0.3 is 11.9 Å². The summed E-state index contributed by atoms with van der Waals surface area (Å²) in [6.45, 7) is 4.28. The van der Waals surface area contributed by atoms with E-state index < -0.39 is 17.9 Å². The number of aryl methyl sites for hydroxylation is 1. The summed E-state index contributed by atoms with van der Waals surface area (Å²) < 4.78 is 12.3. The van der Waals surface area contributed by atoms with Crippen LogP contribution in [0, 0.1) is 12.9 Å². The SMILES string of the molecule is CCN1C(c2nccs2)=NCC(C(=O)O)=C1CBr.Cc1nc(F)ccc1C(=O)O. The lowest BCUT2D eigenvalue weighted by Crippen LogP contribution is -2.37. The molecule has 0 unspecified atom stereocenters. The summed E-state index contributed by atoms with van der Waals surface area (Å²) in [5.41, 5.74) is 1.32. The molecular weight excluding hydrogens is 467 g/mol. The van der Waals surface area contributed by atoms with Crippen LogP contribution >= 0.6 is 27.3 Å². The van der Waals surface area contributed by atoms with Crippen molar-refractivity contribution in [2.75, 3.05) is 18.4 Å². The molecule has 2 N–H and O–H groups in total. The van der Waals surface area contributed by atoms with Crippen molar-refractivity contribution < 1.29 is 24.2 Å². The molecule has 0 saturated carbocycles. The fraction of sp³-hybridized carbons (Fsp3) is 0.278. The number of pyridine rings is 1. The normalized spacial score (nSPS) is 13.5. The first-order chi connectivity index (χ1) is 13.8. The molecule has 1 aliphatic heterocycles. The second kappa shape index (κ2) is 10.2. The molecule has 0 aromatic carbocycles. The van der Waals surface area contributed by atoms with Crippen molar-refractivity contribution in [3.8, 4) is 0 Å². The molecule has 0 aliphatic carbocycles. The van der Waals surface area contributed by atoms with Crippen LogP contribution in [0.5, 0.6) is 0 Å². The average molecular weight is 485 g/mol. The first-order valence-electron chi connectivity index (χ1n) is 8.39. The van der Waals surface area contributed by atoms with Gasteiger partial charge in [0.2, 0.25) is 5.95 Å². The summed E-state index contributed by atoms with van der Waals surface area (Å²) in [5, 5.41) is 20.9. The van der Waals surface area contributed by atoms with Crippen molar-refractivity contribution in [2.24, 2.45) is 4.99 Å².